The van der Waals surface area contributed by atoms with Crippen LogP contribution < -0.4 is 5.73 Å². The Hall–Kier alpha value is -2.08. The number of aromatic amines is 1. The number of hydrogen-bond donors (Lipinski definition) is 2. The number of pyridine rings is 1. The van der Waals surface area contributed by atoms with E-state index in [4.69, 9.17) is 17.3 Å². The molecule has 7 heteroatoms. The Morgan fingerprint density at radius 3 is 3.00 bits per heavy atom. The number of aromatic nitrogens is 3. The summed E-state index contributed by atoms with van der Waals surface area (Å²) in [7, 11) is 1.66. The molecule has 0 aliphatic rings. The van der Waals surface area contributed by atoms with Gasteiger partial charge in [-0.3, -0.25) is 9.89 Å². The number of carbonyl (C=O) groups is 1. The van der Waals surface area contributed by atoms with Crippen molar-refractivity contribution in [1.29, 1.82) is 0 Å². The van der Waals surface area contributed by atoms with Gasteiger partial charge in [0.05, 0.1) is 11.2 Å². The molecule has 2 aromatic rings. The van der Waals surface area contributed by atoms with Crippen LogP contribution in [0, 0.1) is 0 Å². The number of amides is 1. The Morgan fingerprint density at radius 1 is 1.56 bits per heavy atom. The van der Waals surface area contributed by atoms with Gasteiger partial charge in [-0.25, -0.2) is 4.98 Å². The number of rotatable bonds is 3. The lowest BCUT2D eigenvalue weighted by atomic mass is 10.3. The van der Waals surface area contributed by atoms with Crippen molar-refractivity contribution in [3.8, 4) is 0 Å². The van der Waals surface area contributed by atoms with Gasteiger partial charge >= 0.3 is 0 Å². The Kier molecular flexibility index (Phi) is 3.47. The Bertz CT molecular complexity index is 555. The van der Waals surface area contributed by atoms with E-state index in [1.807, 2.05) is 0 Å². The summed E-state index contributed by atoms with van der Waals surface area (Å²) in [5.41, 5.74) is 6.60. The first-order valence-electron chi connectivity index (χ1n) is 5.23. The van der Waals surface area contributed by atoms with E-state index in [-0.39, 0.29) is 22.4 Å². The molecule has 2 heterocycles. The van der Waals surface area contributed by atoms with E-state index in [1.54, 1.807) is 31.6 Å². The van der Waals surface area contributed by atoms with Crippen molar-refractivity contribution >= 4 is 23.3 Å². The number of H-pyrrole nitrogens is 1. The van der Waals surface area contributed by atoms with E-state index < -0.39 is 0 Å². The molecule has 0 atom stereocenters. The molecule has 0 aliphatic heterocycles. The highest BCUT2D eigenvalue weighted by Crippen LogP contribution is 2.17. The van der Waals surface area contributed by atoms with E-state index in [1.165, 1.54) is 4.90 Å². The van der Waals surface area contributed by atoms with Gasteiger partial charge in [0.25, 0.3) is 5.91 Å². The van der Waals surface area contributed by atoms with Gasteiger partial charge < -0.3 is 10.6 Å². The second-order valence-corrected chi connectivity index (χ2v) is 4.24. The molecule has 18 heavy (non-hydrogen) atoms. The number of nitrogen functional groups attached to an aromatic ring is 1. The molecule has 2 aromatic heterocycles. The zero-order valence-corrected chi connectivity index (χ0v) is 10.5. The number of nitrogens with one attached hydrogen (secondary N) is 1. The Balaban J connectivity index is 2.17. The van der Waals surface area contributed by atoms with Crippen molar-refractivity contribution in [3.63, 3.8) is 0 Å². The summed E-state index contributed by atoms with van der Waals surface area (Å²) >= 11 is 5.93. The van der Waals surface area contributed by atoms with Gasteiger partial charge in [-0.2, -0.15) is 5.10 Å². The lowest BCUT2D eigenvalue weighted by molar-refractivity contribution is 0.0779. The van der Waals surface area contributed by atoms with Crippen LogP contribution in [0.25, 0.3) is 0 Å². The summed E-state index contributed by atoms with van der Waals surface area (Å²) in [6.07, 6.45) is 3.37. The van der Waals surface area contributed by atoms with Crippen molar-refractivity contribution in [2.24, 2.45) is 0 Å². The van der Waals surface area contributed by atoms with Gasteiger partial charge in [-0.15, -0.1) is 0 Å². The highest BCUT2D eigenvalue weighted by atomic mass is 35.5. The van der Waals surface area contributed by atoms with Gasteiger partial charge in [0.2, 0.25) is 0 Å². The molecule has 0 saturated carbocycles. The largest absolute Gasteiger partial charge is 0.384 e. The molecule has 0 bridgehead atoms. The predicted molar refractivity (Wildman–Crippen MR) is 68.0 cm³/mol. The van der Waals surface area contributed by atoms with Crippen LogP contribution in [-0.2, 0) is 6.54 Å². The van der Waals surface area contributed by atoms with E-state index in [0.29, 0.717) is 6.54 Å². The molecule has 0 radical (unpaired) electrons. The van der Waals surface area contributed by atoms with Gasteiger partial charge in [-0.1, -0.05) is 11.6 Å². The molecule has 94 valence electrons. The summed E-state index contributed by atoms with van der Waals surface area (Å²) < 4.78 is 0. The van der Waals surface area contributed by atoms with Crippen LogP contribution in [0.1, 0.15) is 16.1 Å². The van der Waals surface area contributed by atoms with E-state index in [0.717, 1.165) is 5.56 Å². The molecule has 3 N–H and O–H groups in total. The van der Waals surface area contributed by atoms with Crippen molar-refractivity contribution in [2.45, 2.75) is 6.54 Å². The third-order valence-corrected chi connectivity index (χ3v) is 2.70. The highest BCUT2D eigenvalue weighted by molar-refractivity contribution is 6.33. The molecule has 0 fully saturated rings. The maximum absolute atomic E-state index is 12.1. The lowest BCUT2D eigenvalue weighted by Crippen LogP contribution is -2.27. The fourth-order valence-electron chi connectivity index (χ4n) is 1.50. The standard InChI is InChI=1S/C11H12ClN5O/c1-17(6-7-4-14-15-5-7)11(18)10-8(12)2-3-9(13)16-10/h2-5H,6H2,1H3,(H2,13,16)(H,14,15). The summed E-state index contributed by atoms with van der Waals surface area (Å²) in [5.74, 6) is -0.0204. The quantitative estimate of drug-likeness (QED) is 0.876. The predicted octanol–water partition coefficient (Wildman–Crippen LogP) is 1.31. The maximum atomic E-state index is 12.1. The normalized spacial score (nSPS) is 10.3. The number of nitrogens with zero attached hydrogens (tertiary/aromatic N) is 3. The number of nitrogens with two attached hydrogens (primary N) is 1. The third-order valence-electron chi connectivity index (χ3n) is 2.39. The second-order valence-electron chi connectivity index (χ2n) is 3.83. The van der Waals surface area contributed by atoms with Gasteiger partial charge in [-0.05, 0) is 12.1 Å². The Morgan fingerprint density at radius 2 is 2.33 bits per heavy atom. The van der Waals surface area contributed by atoms with Crippen LogP contribution in [0.5, 0.6) is 0 Å². The monoisotopic (exact) mass is 265 g/mol. The number of halogens is 1. The number of hydrogen-bond acceptors (Lipinski definition) is 4. The topological polar surface area (TPSA) is 87.9 Å². The highest BCUT2D eigenvalue weighted by Gasteiger charge is 2.17. The van der Waals surface area contributed by atoms with Crippen LogP contribution in [0.4, 0.5) is 5.82 Å². The first-order chi connectivity index (χ1) is 8.58. The summed E-state index contributed by atoms with van der Waals surface area (Å²) in [6.45, 7) is 0.419. The van der Waals surface area contributed by atoms with Gasteiger partial charge in [0.1, 0.15) is 11.5 Å². The number of carbonyl (C=O) groups excluding carboxylic acids is 1. The van der Waals surface area contributed by atoms with Crippen LogP contribution in [0.2, 0.25) is 5.02 Å². The van der Waals surface area contributed by atoms with Crippen LogP contribution in [0.15, 0.2) is 24.5 Å². The fourth-order valence-corrected chi connectivity index (χ4v) is 1.68. The fraction of sp³-hybridized carbons (Fsp3) is 0.182. The Labute approximate surface area is 109 Å². The van der Waals surface area contributed by atoms with Crippen molar-refractivity contribution in [2.75, 3.05) is 12.8 Å². The minimum atomic E-state index is -0.284. The first kappa shape index (κ1) is 12.4. The van der Waals surface area contributed by atoms with Crippen molar-refractivity contribution < 1.29 is 4.79 Å². The molecule has 0 spiro atoms. The lowest BCUT2D eigenvalue weighted by Gasteiger charge is -2.16. The smallest absolute Gasteiger partial charge is 0.274 e. The molecular formula is C11H12ClN5O. The zero-order valence-electron chi connectivity index (χ0n) is 9.72. The molecule has 6 nitrogen and oxygen atoms in total. The van der Waals surface area contributed by atoms with Crippen LogP contribution in [0.3, 0.4) is 0 Å². The SMILES string of the molecule is CN(Cc1cn[nH]c1)C(=O)c1nc(N)ccc1Cl. The van der Waals surface area contributed by atoms with Crippen molar-refractivity contribution in [1.82, 2.24) is 20.1 Å². The molecule has 0 aromatic carbocycles. The van der Waals surface area contributed by atoms with E-state index in [2.05, 4.69) is 15.2 Å². The van der Waals surface area contributed by atoms with Crippen LogP contribution in [-0.4, -0.2) is 33.0 Å². The second kappa shape index (κ2) is 5.05. The molecule has 2 rings (SSSR count). The first-order valence-corrected chi connectivity index (χ1v) is 5.61. The summed E-state index contributed by atoms with van der Waals surface area (Å²) in [4.78, 5) is 17.6. The van der Waals surface area contributed by atoms with Gasteiger partial charge in [0, 0.05) is 25.4 Å². The van der Waals surface area contributed by atoms with Crippen LogP contribution >= 0.6 is 11.6 Å². The zero-order chi connectivity index (χ0) is 13.1. The average molecular weight is 266 g/mol. The molecule has 0 saturated heterocycles. The van der Waals surface area contributed by atoms with E-state index in [9.17, 15) is 4.79 Å². The summed E-state index contributed by atoms with van der Waals surface area (Å²) in [6, 6.07) is 3.11. The third kappa shape index (κ3) is 2.60. The summed E-state index contributed by atoms with van der Waals surface area (Å²) in [5, 5.41) is 6.78. The van der Waals surface area contributed by atoms with Gasteiger partial charge in [0.15, 0.2) is 0 Å². The molecule has 1 amide bonds. The molecular weight excluding hydrogens is 254 g/mol. The minimum absolute atomic E-state index is 0.155. The average Bonchev–Trinajstić information content (AvgIpc) is 2.84. The number of anilines is 1. The van der Waals surface area contributed by atoms with Crippen molar-refractivity contribution in [3.05, 3.63) is 40.8 Å². The maximum Gasteiger partial charge on any atom is 0.274 e. The molecule has 0 unspecified atom stereocenters. The minimum Gasteiger partial charge on any atom is -0.384 e. The van der Waals surface area contributed by atoms with E-state index >= 15 is 0 Å². The molecule has 0 aliphatic carbocycles.